The molecule has 6 nitrogen and oxygen atoms in total. The predicted octanol–water partition coefficient (Wildman–Crippen LogP) is 2.74. The number of nitrogens with zero attached hydrogens (tertiary/aromatic N) is 2. The summed E-state index contributed by atoms with van der Waals surface area (Å²) in [5, 5.41) is 9.90. The molecule has 0 saturated carbocycles. The Kier molecular flexibility index (Phi) is 5.38. The van der Waals surface area contributed by atoms with E-state index in [4.69, 9.17) is 4.74 Å². The van der Waals surface area contributed by atoms with Crippen molar-refractivity contribution in [1.29, 1.82) is 0 Å². The number of halogens is 1. The van der Waals surface area contributed by atoms with Crippen LogP contribution in [0.2, 0.25) is 0 Å². The molecule has 1 aromatic heterocycles. The summed E-state index contributed by atoms with van der Waals surface area (Å²) < 4.78 is 32.4. The molecule has 0 aliphatic heterocycles. The monoisotopic (exact) mass is 386 g/mol. The van der Waals surface area contributed by atoms with Gasteiger partial charge in [0.2, 0.25) is 0 Å². The first-order valence-corrected chi connectivity index (χ1v) is 8.70. The molecule has 0 radical (unpaired) electrons. The number of rotatable bonds is 6. The van der Waals surface area contributed by atoms with E-state index in [1.807, 2.05) is 0 Å². The molecule has 0 saturated heterocycles. The summed E-state index contributed by atoms with van der Waals surface area (Å²) in [6, 6.07) is 9.14. The molecule has 8 heteroatoms. The number of phenols is 1. The highest BCUT2D eigenvalue weighted by atomic mass is 79.9. The van der Waals surface area contributed by atoms with Crippen LogP contribution in [-0.4, -0.2) is 31.8 Å². The second kappa shape index (κ2) is 7.08. The summed E-state index contributed by atoms with van der Waals surface area (Å²) in [5.74, 6) is -0.164. The Labute approximate surface area is 137 Å². The van der Waals surface area contributed by atoms with Gasteiger partial charge in [0.1, 0.15) is 12.5 Å². The first kappa shape index (κ1) is 16.7. The number of anilines is 1. The second-order valence-corrected chi connectivity index (χ2v) is 7.00. The van der Waals surface area contributed by atoms with Gasteiger partial charge in [-0.25, -0.2) is 9.29 Å². The fourth-order valence-electron chi connectivity index (χ4n) is 1.75. The molecule has 0 fully saturated rings. The molecule has 1 aromatic carbocycles. The molecule has 1 N–H and O–H groups in total. The smallest absolute Gasteiger partial charge is 0.283 e. The number of benzene rings is 1. The maximum Gasteiger partial charge on any atom is 0.283 e. The maximum atomic E-state index is 12.8. The van der Waals surface area contributed by atoms with Crippen LogP contribution in [0.5, 0.6) is 5.75 Å². The Hall–Kier alpha value is -1.64. The molecule has 0 unspecified atom stereocenters. The van der Waals surface area contributed by atoms with Crippen LogP contribution in [0.25, 0.3) is 0 Å². The van der Waals surface area contributed by atoms with E-state index in [9.17, 15) is 13.5 Å². The molecule has 0 bridgehead atoms. The zero-order valence-electron chi connectivity index (χ0n) is 11.8. The van der Waals surface area contributed by atoms with Gasteiger partial charge in [0.05, 0.1) is 5.69 Å². The number of ether oxygens (including phenoxy) is 1. The lowest BCUT2D eigenvalue weighted by Crippen LogP contribution is -2.34. The van der Waals surface area contributed by atoms with Crippen LogP contribution >= 0.6 is 15.9 Å². The van der Waals surface area contributed by atoms with Gasteiger partial charge in [-0.05, 0) is 37.3 Å². The minimum Gasteiger partial charge on any atom is -0.506 e. The van der Waals surface area contributed by atoms with Gasteiger partial charge in [-0.2, -0.15) is 8.42 Å². The molecule has 2 aromatic rings. The van der Waals surface area contributed by atoms with Crippen molar-refractivity contribution in [3.05, 3.63) is 47.1 Å². The molecule has 0 aliphatic rings. The number of aromatic nitrogens is 1. The van der Waals surface area contributed by atoms with E-state index in [-0.39, 0.29) is 23.2 Å². The van der Waals surface area contributed by atoms with Crippen LogP contribution in [0.4, 0.5) is 5.69 Å². The van der Waals surface area contributed by atoms with Crippen molar-refractivity contribution in [2.75, 3.05) is 17.6 Å². The number of sulfonamides is 1. The molecule has 22 heavy (non-hydrogen) atoms. The summed E-state index contributed by atoms with van der Waals surface area (Å²) >= 11 is 3.27. The Balaban J connectivity index is 2.53. The minimum atomic E-state index is -3.95. The average molecular weight is 387 g/mol. The van der Waals surface area contributed by atoms with Crippen molar-refractivity contribution in [3.8, 4) is 5.75 Å². The quantitative estimate of drug-likeness (QED) is 0.771. The molecule has 118 valence electrons. The van der Waals surface area contributed by atoms with E-state index >= 15 is 0 Å². The first-order valence-electron chi connectivity index (χ1n) is 6.47. The van der Waals surface area contributed by atoms with E-state index in [0.29, 0.717) is 11.1 Å². The van der Waals surface area contributed by atoms with Crippen LogP contribution in [-0.2, 0) is 14.8 Å². The van der Waals surface area contributed by atoms with E-state index in [2.05, 4.69) is 20.9 Å². The van der Waals surface area contributed by atoms with Crippen molar-refractivity contribution in [3.63, 3.8) is 0 Å². The SMILES string of the molecule is CCOCN(c1cc(Br)ccc1O)S(=O)(=O)c1ccccn1. The lowest BCUT2D eigenvalue weighted by molar-refractivity contribution is 0.157. The summed E-state index contributed by atoms with van der Waals surface area (Å²) in [5.41, 5.74) is 0.119. The summed E-state index contributed by atoms with van der Waals surface area (Å²) in [6.45, 7) is 1.87. The largest absolute Gasteiger partial charge is 0.506 e. The van der Waals surface area contributed by atoms with Gasteiger partial charge < -0.3 is 9.84 Å². The van der Waals surface area contributed by atoms with Gasteiger partial charge in [0, 0.05) is 17.3 Å². The van der Waals surface area contributed by atoms with Crippen LogP contribution in [0.15, 0.2) is 52.1 Å². The molecule has 0 atom stereocenters. The highest BCUT2D eigenvalue weighted by Gasteiger charge is 2.28. The highest BCUT2D eigenvalue weighted by molar-refractivity contribution is 9.10. The number of phenolic OH excluding ortho intramolecular Hbond substituents is 1. The van der Waals surface area contributed by atoms with E-state index < -0.39 is 10.0 Å². The number of hydrogen-bond acceptors (Lipinski definition) is 5. The Morgan fingerprint density at radius 3 is 2.73 bits per heavy atom. The van der Waals surface area contributed by atoms with Gasteiger partial charge in [-0.3, -0.25) is 0 Å². The maximum absolute atomic E-state index is 12.8. The molecular formula is C14H15BrN2O4S. The Morgan fingerprint density at radius 2 is 2.09 bits per heavy atom. The molecular weight excluding hydrogens is 372 g/mol. The molecule has 0 amide bonds. The highest BCUT2D eigenvalue weighted by Crippen LogP contribution is 2.33. The molecule has 0 spiro atoms. The van der Waals surface area contributed by atoms with Gasteiger partial charge in [-0.1, -0.05) is 22.0 Å². The lowest BCUT2D eigenvalue weighted by atomic mass is 10.3. The Morgan fingerprint density at radius 1 is 1.32 bits per heavy atom. The summed E-state index contributed by atoms with van der Waals surface area (Å²) in [6.07, 6.45) is 1.40. The minimum absolute atomic E-state index is 0.117. The van der Waals surface area contributed by atoms with E-state index in [1.165, 1.54) is 24.4 Å². The zero-order valence-corrected chi connectivity index (χ0v) is 14.2. The average Bonchev–Trinajstić information content (AvgIpc) is 2.51. The van der Waals surface area contributed by atoms with Crippen molar-refractivity contribution >= 4 is 31.6 Å². The van der Waals surface area contributed by atoms with Crippen molar-refractivity contribution in [2.45, 2.75) is 11.9 Å². The van der Waals surface area contributed by atoms with Crippen molar-refractivity contribution in [2.24, 2.45) is 0 Å². The van der Waals surface area contributed by atoms with Gasteiger partial charge in [0.25, 0.3) is 10.0 Å². The van der Waals surface area contributed by atoms with Crippen molar-refractivity contribution in [1.82, 2.24) is 4.98 Å². The van der Waals surface area contributed by atoms with Crippen LogP contribution in [0.3, 0.4) is 0 Å². The lowest BCUT2D eigenvalue weighted by Gasteiger charge is -2.24. The third-order valence-corrected chi connectivity index (χ3v) is 4.96. The van der Waals surface area contributed by atoms with Gasteiger partial charge >= 0.3 is 0 Å². The first-order chi connectivity index (χ1) is 10.5. The van der Waals surface area contributed by atoms with E-state index in [1.54, 1.807) is 25.1 Å². The fraction of sp³-hybridized carbons (Fsp3) is 0.214. The molecule has 1 heterocycles. The normalized spacial score (nSPS) is 11.4. The number of hydrogen-bond donors (Lipinski definition) is 1. The fourth-order valence-corrected chi connectivity index (χ4v) is 3.39. The zero-order chi connectivity index (χ0) is 16.2. The van der Waals surface area contributed by atoms with Gasteiger partial charge in [-0.15, -0.1) is 0 Å². The van der Waals surface area contributed by atoms with Crippen LogP contribution in [0.1, 0.15) is 6.92 Å². The number of pyridine rings is 1. The third kappa shape index (κ3) is 3.57. The summed E-state index contributed by atoms with van der Waals surface area (Å²) in [4.78, 5) is 3.88. The molecule has 0 aliphatic carbocycles. The van der Waals surface area contributed by atoms with Crippen LogP contribution in [0, 0.1) is 0 Å². The van der Waals surface area contributed by atoms with Crippen LogP contribution < -0.4 is 4.31 Å². The second-order valence-electron chi connectivity index (χ2n) is 4.28. The summed E-state index contributed by atoms with van der Waals surface area (Å²) in [7, 11) is -3.95. The molecule has 2 rings (SSSR count). The topological polar surface area (TPSA) is 79.7 Å². The van der Waals surface area contributed by atoms with E-state index in [0.717, 1.165) is 4.31 Å². The standard InChI is InChI=1S/C14H15BrN2O4S/c1-2-21-10-17(12-9-11(15)6-7-13(12)18)22(19,20)14-5-3-4-8-16-14/h3-9,18H,2,10H2,1H3. The predicted molar refractivity (Wildman–Crippen MR) is 86.2 cm³/mol. The Bertz CT molecular complexity index is 738. The van der Waals surface area contributed by atoms with Gasteiger partial charge in [0.15, 0.2) is 5.03 Å². The number of aromatic hydroxyl groups is 1. The van der Waals surface area contributed by atoms with Crippen molar-refractivity contribution < 1.29 is 18.3 Å². The third-order valence-electron chi connectivity index (χ3n) is 2.81.